The van der Waals surface area contributed by atoms with E-state index in [1.165, 1.54) is 4.57 Å². The van der Waals surface area contributed by atoms with Crippen LogP contribution in [0.2, 0.25) is 0 Å². The Bertz CT molecular complexity index is 1100. The lowest BCUT2D eigenvalue weighted by molar-refractivity contribution is 0.208. The van der Waals surface area contributed by atoms with Crippen LogP contribution in [0, 0.1) is 0 Å². The second-order valence-corrected chi connectivity index (χ2v) is 7.06. The van der Waals surface area contributed by atoms with Crippen molar-refractivity contribution in [3.63, 3.8) is 0 Å². The molecule has 0 saturated carbocycles. The third-order valence-corrected chi connectivity index (χ3v) is 5.31. The molecule has 1 fully saturated rings. The highest BCUT2D eigenvalue weighted by atomic mass is 16.2. The number of aryl methyl sites for hydroxylation is 2. The highest BCUT2D eigenvalue weighted by Gasteiger charge is 2.24. The number of nitrogens with one attached hydrogen (secondary N) is 1. The molecule has 150 valence electrons. The van der Waals surface area contributed by atoms with Gasteiger partial charge in [0.2, 0.25) is 0 Å². The van der Waals surface area contributed by atoms with Gasteiger partial charge in [0, 0.05) is 45.1 Å². The number of anilines is 2. The maximum absolute atomic E-state index is 12.7. The monoisotopic (exact) mass is 392 g/mol. The number of urea groups is 1. The van der Waals surface area contributed by atoms with Crippen molar-refractivity contribution in [3.05, 3.63) is 58.5 Å². The van der Waals surface area contributed by atoms with Gasteiger partial charge in [0.15, 0.2) is 11.5 Å². The fourth-order valence-electron chi connectivity index (χ4n) is 3.61. The third-order valence-electron chi connectivity index (χ3n) is 5.31. The molecule has 1 N–H and O–H groups in total. The van der Waals surface area contributed by atoms with Crippen LogP contribution in [0.1, 0.15) is 12.5 Å². The number of pyridine rings is 1. The Morgan fingerprint density at radius 2 is 1.86 bits per heavy atom. The Balaban J connectivity index is 1.47. The number of carbonyl (C=O) groups is 1. The first kappa shape index (κ1) is 18.9. The summed E-state index contributed by atoms with van der Waals surface area (Å²) in [4.78, 5) is 37.9. The minimum atomic E-state index is -0.175. The molecule has 1 aliphatic heterocycles. The van der Waals surface area contributed by atoms with E-state index in [0.29, 0.717) is 43.2 Å². The number of amides is 2. The molecule has 0 atom stereocenters. The molecule has 3 aromatic rings. The number of aromatic nitrogens is 3. The van der Waals surface area contributed by atoms with E-state index in [1.54, 1.807) is 24.2 Å². The van der Waals surface area contributed by atoms with Gasteiger partial charge in [0.25, 0.3) is 5.56 Å². The van der Waals surface area contributed by atoms with Crippen LogP contribution in [-0.2, 0) is 13.5 Å². The molecule has 2 aromatic heterocycles. The molecule has 1 aliphatic rings. The Labute approximate surface area is 168 Å². The average Bonchev–Trinajstić information content (AvgIpc) is 2.77. The van der Waals surface area contributed by atoms with Crippen LogP contribution in [0.15, 0.2) is 47.4 Å². The maximum atomic E-state index is 12.7. The predicted molar refractivity (Wildman–Crippen MR) is 113 cm³/mol. The Hall–Kier alpha value is -3.42. The van der Waals surface area contributed by atoms with E-state index in [2.05, 4.69) is 22.2 Å². The zero-order valence-corrected chi connectivity index (χ0v) is 16.6. The van der Waals surface area contributed by atoms with Gasteiger partial charge in [-0.15, -0.1) is 0 Å². The molecule has 0 bridgehead atoms. The van der Waals surface area contributed by atoms with Gasteiger partial charge >= 0.3 is 6.03 Å². The second kappa shape index (κ2) is 7.90. The van der Waals surface area contributed by atoms with Gasteiger partial charge < -0.3 is 15.1 Å². The number of hydrogen-bond donors (Lipinski definition) is 1. The smallest absolute Gasteiger partial charge is 0.321 e. The summed E-state index contributed by atoms with van der Waals surface area (Å²) in [5.41, 5.74) is 3.03. The van der Waals surface area contributed by atoms with E-state index in [0.717, 1.165) is 17.7 Å². The Morgan fingerprint density at radius 1 is 1.10 bits per heavy atom. The number of fused-ring (bicyclic) bond motifs is 1. The van der Waals surface area contributed by atoms with Gasteiger partial charge in [-0.25, -0.2) is 14.8 Å². The van der Waals surface area contributed by atoms with E-state index in [9.17, 15) is 9.59 Å². The van der Waals surface area contributed by atoms with Gasteiger partial charge in [-0.2, -0.15) is 0 Å². The first-order valence-corrected chi connectivity index (χ1v) is 9.79. The fourth-order valence-corrected chi connectivity index (χ4v) is 3.61. The largest absolute Gasteiger partial charge is 0.348 e. The van der Waals surface area contributed by atoms with Crippen LogP contribution in [0.3, 0.4) is 0 Å². The molecular formula is C21H24N6O2. The molecule has 4 rings (SSSR count). The second-order valence-electron chi connectivity index (χ2n) is 7.06. The fraction of sp³-hybridized carbons (Fsp3) is 0.333. The molecular weight excluding hydrogens is 368 g/mol. The van der Waals surface area contributed by atoms with Gasteiger partial charge in [-0.1, -0.05) is 25.1 Å². The van der Waals surface area contributed by atoms with Crippen molar-refractivity contribution in [3.8, 4) is 0 Å². The molecule has 0 unspecified atom stereocenters. The van der Waals surface area contributed by atoms with Crippen molar-refractivity contribution < 1.29 is 4.79 Å². The molecule has 8 heteroatoms. The topological polar surface area (TPSA) is 83.4 Å². The number of para-hydroxylation sites is 1. The van der Waals surface area contributed by atoms with Crippen molar-refractivity contribution in [1.82, 2.24) is 19.4 Å². The summed E-state index contributed by atoms with van der Waals surface area (Å²) < 4.78 is 1.53. The van der Waals surface area contributed by atoms with Crippen molar-refractivity contribution in [2.75, 3.05) is 36.4 Å². The number of carbonyl (C=O) groups excluding carboxylic acids is 1. The van der Waals surface area contributed by atoms with Crippen LogP contribution in [0.5, 0.6) is 0 Å². The zero-order valence-electron chi connectivity index (χ0n) is 16.6. The minimum Gasteiger partial charge on any atom is -0.348 e. The summed E-state index contributed by atoms with van der Waals surface area (Å²) in [6.07, 6.45) is 2.51. The molecule has 1 saturated heterocycles. The first-order chi connectivity index (χ1) is 14.1. The normalized spacial score (nSPS) is 14.3. The standard InChI is InChI=1S/C21H24N6O2/c1-3-15-7-4-5-8-16(15)24-21(29)27-13-11-26(12-14-27)19-20(28)25(2)18-17(23-19)9-6-10-22-18/h4-10H,3,11-14H2,1-2H3,(H,24,29). The summed E-state index contributed by atoms with van der Waals surface area (Å²) in [5, 5.41) is 3.01. The zero-order chi connectivity index (χ0) is 20.4. The number of nitrogens with zero attached hydrogens (tertiary/aromatic N) is 5. The summed E-state index contributed by atoms with van der Waals surface area (Å²) in [6.45, 7) is 4.22. The third kappa shape index (κ3) is 3.65. The quantitative estimate of drug-likeness (QED) is 0.739. The lowest BCUT2D eigenvalue weighted by Gasteiger charge is -2.35. The van der Waals surface area contributed by atoms with Gasteiger partial charge in [0.1, 0.15) is 5.52 Å². The number of rotatable bonds is 3. The highest BCUT2D eigenvalue weighted by Crippen LogP contribution is 2.18. The van der Waals surface area contributed by atoms with Crippen LogP contribution in [0.25, 0.3) is 11.2 Å². The predicted octanol–water partition coefficient (Wildman–Crippen LogP) is 2.25. The maximum Gasteiger partial charge on any atom is 0.321 e. The molecule has 8 nitrogen and oxygen atoms in total. The van der Waals surface area contributed by atoms with Crippen molar-refractivity contribution in [1.29, 1.82) is 0 Å². The van der Waals surface area contributed by atoms with E-state index in [4.69, 9.17) is 0 Å². The van der Waals surface area contributed by atoms with Crippen LogP contribution < -0.4 is 15.8 Å². The van der Waals surface area contributed by atoms with Crippen molar-refractivity contribution >= 4 is 28.7 Å². The molecule has 2 amide bonds. The van der Waals surface area contributed by atoms with E-state index >= 15 is 0 Å². The number of benzene rings is 1. The Kier molecular flexibility index (Phi) is 5.16. The molecule has 29 heavy (non-hydrogen) atoms. The summed E-state index contributed by atoms with van der Waals surface area (Å²) in [5.74, 6) is 0.407. The van der Waals surface area contributed by atoms with E-state index in [1.807, 2.05) is 35.2 Å². The lowest BCUT2D eigenvalue weighted by atomic mass is 10.1. The molecule has 0 radical (unpaired) electrons. The molecule has 1 aromatic carbocycles. The number of piperazine rings is 1. The van der Waals surface area contributed by atoms with Crippen molar-refractivity contribution in [2.45, 2.75) is 13.3 Å². The van der Waals surface area contributed by atoms with E-state index < -0.39 is 0 Å². The van der Waals surface area contributed by atoms with Crippen molar-refractivity contribution in [2.24, 2.45) is 7.05 Å². The summed E-state index contributed by atoms with van der Waals surface area (Å²) >= 11 is 0. The molecule has 0 aliphatic carbocycles. The van der Waals surface area contributed by atoms with Crippen LogP contribution in [0.4, 0.5) is 16.3 Å². The highest BCUT2D eigenvalue weighted by molar-refractivity contribution is 5.90. The minimum absolute atomic E-state index is 0.117. The van der Waals surface area contributed by atoms with Gasteiger partial charge in [0.05, 0.1) is 0 Å². The van der Waals surface area contributed by atoms with Crippen LogP contribution >= 0.6 is 0 Å². The first-order valence-electron chi connectivity index (χ1n) is 9.79. The van der Waals surface area contributed by atoms with Gasteiger partial charge in [-0.3, -0.25) is 9.36 Å². The molecule has 3 heterocycles. The summed E-state index contributed by atoms with van der Waals surface area (Å²) in [6, 6.07) is 11.4. The van der Waals surface area contributed by atoms with Gasteiger partial charge in [-0.05, 0) is 30.2 Å². The van der Waals surface area contributed by atoms with Crippen LogP contribution in [-0.4, -0.2) is 51.6 Å². The SMILES string of the molecule is CCc1ccccc1NC(=O)N1CCN(c2nc3cccnc3n(C)c2=O)CC1. The average molecular weight is 392 g/mol. The summed E-state index contributed by atoms with van der Waals surface area (Å²) in [7, 11) is 1.71. The van der Waals surface area contributed by atoms with E-state index in [-0.39, 0.29) is 11.6 Å². The molecule has 0 spiro atoms. The lowest BCUT2D eigenvalue weighted by Crippen LogP contribution is -2.51. The Morgan fingerprint density at radius 3 is 2.62 bits per heavy atom. The number of hydrogen-bond acceptors (Lipinski definition) is 5.